The second-order valence-electron chi connectivity index (χ2n) is 10.3. The summed E-state index contributed by atoms with van der Waals surface area (Å²) < 4.78 is 5.44. The molecule has 2 amide bonds. The third-order valence-corrected chi connectivity index (χ3v) is 8.20. The predicted molar refractivity (Wildman–Crippen MR) is 130 cm³/mol. The highest BCUT2D eigenvalue weighted by Crippen LogP contribution is 2.35. The van der Waals surface area contributed by atoms with Crippen LogP contribution in [0.5, 0.6) is 0 Å². The summed E-state index contributed by atoms with van der Waals surface area (Å²) in [6.45, 7) is 7.19. The van der Waals surface area contributed by atoms with Gasteiger partial charge in [-0.25, -0.2) is 0 Å². The van der Waals surface area contributed by atoms with E-state index in [1.54, 1.807) is 0 Å². The second-order valence-corrected chi connectivity index (χ2v) is 10.3. The number of amides is 2. The molecule has 9 nitrogen and oxygen atoms in total. The van der Waals surface area contributed by atoms with Gasteiger partial charge < -0.3 is 29.9 Å². The van der Waals surface area contributed by atoms with Crippen molar-refractivity contribution < 1.29 is 24.2 Å². The highest BCUT2D eigenvalue weighted by atomic mass is 16.5. The molecule has 1 aromatic carbocycles. The van der Waals surface area contributed by atoms with E-state index in [0.29, 0.717) is 18.4 Å². The van der Waals surface area contributed by atoms with Crippen molar-refractivity contribution >= 4 is 23.3 Å². The van der Waals surface area contributed by atoms with Crippen LogP contribution in [0, 0.1) is 0 Å². The van der Waals surface area contributed by atoms with Crippen LogP contribution >= 0.6 is 0 Å². The molecule has 3 atom stereocenters. The molecule has 3 heterocycles. The number of aliphatic hydroxyl groups is 1. The number of nitrogens with zero attached hydrogens (tertiary/aromatic N) is 3. The molecule has 4 aliphatic rings. The lowest BCUT2D eigenvalue weighted by atomic mass is 9.80. The van der Waals surface area contributed by atoms with Crippen molar-refractivity contribution in [1.82, 2.24) is 15.1 Å². The van der Waals surface area contributed by atoms with Crippen molar-refractivity contribution in [3.05, 3.63) is 29.8 Å². The van der Waals surface area contributed by atoms with Gasteiger partial charge in [0.25, 0.3) is 5.91 Å². The largest absolute Gasteiger partial charge is 0.388 e. The van der Waals surface area contributed by atoms with Crippen LogP contribution in [0.25, 0.3) is 0 Å². The van der Waals surface area contributed by atoms with Crippen molar-refractivity contribution in [2.24, 2.45) is 0 Å². The van der Waals surface area contributed by atoms with Crippen LogP contribution in [0.3, 0.4) is 0 Å². The van der Waals surface area contributed by atoms with E-state index in [1.807, 2.05) is 24.3 Å². The van der Waals surface area contributed by atoms with E-state index in [-0.39, 0.29) is 30.7 Å². The molecule has 0 bridgehead atoms. The molecule has 1 saturated carbocycles. The lowest BCUT2D eigenvalue weighted by Crippen LogP contribution is -2.62. The number of carbonyl (C=O) groups is 3. The molecule has 5 rings (SSSR count). The summed E-state index contributed by atoms with van der Waals surface area (Å²) in [6.07, 6.45) is 2.13. The van der Waals surface area contributed by atoms with Gasteiger partial charge in [-0.15, -0.1) is 0 Å². The van der Waals surface area contributed by atoms with Gasteiger partial charge in [0.05, 0.1) is 6.54 Å². The number of ether oxygens (including phenoxy) is 1. The molecule has 0 aromatic heterocycles. The van der Waals surface area contributed by atoms with Gasteiger partial charge in [-0.2, -0.15) is 0 Å². The standard InChI is InChI=1S/C26H36N4O5/c1-2-28-12-14-29(15-13-28)19-8-6-18(7-9-19)24(33)27-26(10-4-3-5-11-26)25(34)30-16-20(31)23-22(30)21(32)17-35-23/h6-9,20,22-23,31H,2-5,10-17H2,1H3,(H,27,33)/t20-,22-,23-/m1/s1. The molecule has 35 heavy (non-hydrogen) atoms. The summed E-state index contributed by atoms with van der Waals surface area (Å²) in [4.78, 5) is 45.8. The number of benzene rings is 1. The van der Waals surface area contributed by atoms with E-state index >= 15 is 0 Å². The Bertz CT molecular complexity index is 953. The zero-order valence-electron chi connectivity index (χ0n) is 20.4. The molecular weight excluding hydrogens is 448 g/mol. The average molecular weight is 485 g/mol. The number of hydrogen-bond donors (Lipinski definition) is 2. The van der Waals surface area contributed by atoms with Crippen molar-refractivity contribution in [3.63, 3.8) is 0 Å². The Morgan fingerprint density at radius 1 is 1.09 bits per heavy atom. The molecule has 3 aliphatic heterocycles. The first-order chi connectivity index (χ1) is 16.9. The van der Waals surface area contributed by atoms with Gasteiger partial charge in [-0.05, 0) is 43.7 Å². The first kappa shape index (κ1) is 24.2. The number of rotatable bonds is 5. The van der Waals surface area contributed by atoms with Gasteiger partial charge in [0, 0.05) is 37.4 Å². The molecular formula is C26H36N4O5. The minimum Gasteiger partial charge on any atom is -0.388 e. The highest BCUT2D eigenvalue weighted by molar-refractivity contribution is 6.01. The number of β-amino-alcohol motifs (C(OH)–C–C–N with tert-alkyl or cyclic N) is 1. The molecule has 3 saturated heterocycles. The van der Waals surface area contributed by atoms with E-state index in [0.717, 1.165) is 57.7 Å². The normalized spacial score (nSPS) is 28.7. The summed E-state index contributed by atoms with van der Waals surface area (Å²) in [7, 11) is 0. The average Bonchev–Trinajstić information content (AvgIpc) is 3.44. The van der Waals surface area contributed by atoms with Crippen LogP contribution in [0.1, 0.15) is 49.4 Å². The highest BCUT2D eigenvalue weighted by Gasteiger charge is 2.55. The molecule has 1 aromatic rings. The predicted octanol–water partition coefficient (Wildman–Crippen LogP) is 0.801. The number of Topliss-reactive ketones (excluding diaryl/α,β-unsaturated/α-hetero) is 1. The quantitative estimate of drug-likeness (QED) is 0.637. The number of likely N-dealkylation sites (N-methyl/N-ethyl adjacent to an activating group) is 1. The van der Waals surface area contributed by atoms with Gasteiger partial charge in [0.2, 0.25) is 5.91 Å². The minimum atomic E-state index is -1.07. The fourth-order valence-electron chi connectivity index (χ4n) is 6.10. The molecule has 0 unspecified atom stereocenters. The number of hydrogen-bond acceptors (Lipinski definition) is 7. The van der Waals surface area contributed by atoms with Crippen LogP contribution in [0.2, 0.25) is 0 Å². The Hall–Kier alpha value is -2.49. The fourth-order valence-corrected chi connectivity index (χ4v) is 6.10. The van der Waals surface area contributed by atoms with Gasteiger partial charge in [0.15, 0.2) is 5.78 Å². The van der Waals surface area contributed by atoms with Crippen molar-refractivity contribution in [1.29, 1.82) is 0 Å². The first-order valence-corrected chi connectivity index (χ1v) is 13.0. The maximum absolute atomic E-state index is 13.8. The van der Waals surface area contributed by atoms with Crippen molar-refractivity contribution in [2.45, 2.75) is 62.8 Å². The first-order valence-electron chi connectivity index (χ1n) is 13.0. The molecule has 9 heteroatoms. The monoisotopic (exact) mass is 484 g/mol. The number of aliphatic hydroxyl groups excluding tert-OH is 1. The Balaban J connectivity index is 1.30. The van der Waals surface area contributed by atoms with E-state index in [2.05, 4.69) is 22.0 Å². The van der Waals surface area contributed by atoms with Gasteiger partial charge in [0.1, 0.15) is 30.4 Å². The lowest BCUT2D eigenvalue weighted by molar-refractivity contribution is -0.143. The molecule has 4 fully saturated rings. The summed E-state index contributed by atoms with van der Waals surface area (Å²) >= 11 is 0. The van der Waals surface area contributed by atoms with Crippen LogP contribution in [-0.2, 0) is 14.3 Å². The minimum absolute atomic E-state index is 0.0531. The van der Waals surface area contributed by atoms with Gasteiger partial charge >= 0.3 is 0 Å². The summed E-state index contributed by atoms with van der Waals surface area (Å²) in [5.41, 5.74) is 0.540. The van der Waals surface area contributed by atoms with E-state index < -0.39 is 23.8 Å². The van der Waals surface area contributed by atoms with Crippen LogP contribution < -0.4 is 10.2 Å². The van der Waals surface area contributed by atoms with Crippen LogP contribution in [-0.4, -0.2) is 102 Å². The van der Waals surface area contributed by atoms with Crippen LogP contribution in [0.15, 0.2) is 24.3 Å². The van der Waals surface area contributed by atoms with E-state index in [4.69, 9.17) is 4.74 Å². The number of nitrogens with one attached hydrogen (secondary N) is 1. The SMILES string of the molecule is CCN1CCN(c2ccc(C(=O)NC3(C(=O)N4C[C@@H](O)[C@H]5OCC(=O)[C@H]54)CCCCC3)cc2)CC1. The Morgan fingerprint density at radius 2 is 1.77 bits per heavy atom. The number of carbonyl (C=O) groups excluding carboxylic acids is 3. The number of ketones is 1. The third-order valence-electron chi connectivity index (χ3n) is 8.20. The second kappa shape index (κ2) is 9.87. The third kappa shape index (κ3) is 4.57. The van der Waals surface area contributed by atoms with Crippen molar-refractivity contribution in [3.8, 4) is 0 Å². The molecule has 190 valence electrons. The fraction of sp³-hybridized carbons (Fsp3) is 0.654. The summed E-state index contributed by atoms with van der Waals surface area (Å²) in [5, 5.41) is 13.4. The number of anilines is 1. The Morgan fingerprint density at radius 3 is 2.43 bits per heavy atom. The maximum Gasteiger partial charge on any atom is 0.252 e. The van der Waals surface area contributed by atoms with Crippen LogP contribution in [0.4, 0.5) is 5.69 Å². The molecule has 1 aliphatic carbocycles. The number of likely N-dealkylation sites (tertiary alicyclic amines) is 1. The van der Waals surface area contributed by atoms with Gasteiger partial charge in [-0.1, -0.05) is 26.2 Å². The van der Waals surface area contributed by atoms with Gasteiger partial charge in [-0.3, -0.25) is 14.4 Å². The Labute approximate surface area is 206 Å². The maximum atomic E-state index is 13.8. The summed E-state index contributed by atoms with van der Waals surface area (Å²) in [5.74, 6) is -0.748. The van der Waals surface area contributed by atoms with E-state index in [9.17, 15) is 19.5 Å². The molecule has 2 N–H and O–H groups in total. The number of piperazine rings is 1. The van der Waals surface area contributed by atoms with Crippen molar-refractivity contribution in [2.75, 3.05) is 50.8 Å². The lowest BCUT2D eigenvalue weighted by Gasteiger charge is -2.40. The van der Waals surface area contributed by atoms with E-state index in [1.165, 1.54) is 4.90 Å². The number of fused-ring (bicyclic) bond motifs is 1. The zero-order valence-corrected chi connectivity index (χ0v) is 20.4. The zero-order chi connectivity index (χ0) is 24.6. The summed E-state index contributed by atoms with van der Waals surface area (Å²) in [6, 6.07) is 6.83. The molecule has 0 radical (unpaired) electrons. The molecule has 0 spiro atoms. The smallest absolute Gasteiger partial charge is 0.252 e. The topological polar surface area (TPSA) is 102 Å². The Kier molecular flexibility index (Phi) is 6.83.